The summed E-state index contributed by atoms with van der Waals surface area (Å²) in [5.41, 5.74) is 3.11. The Morgan fingerprint density at radius 1 is 1.00 bits per heavy atom. The zero-order valence-electron chi connectivity index (χ0n) is 18.7. The molecule has 0 saturated heterocycles. The summed E-state index contributed by atoms with van der Waals surface area (Å²) in [4.78, 5) is 5.86. The number of hydrogen-bond acceptors (Lipinski definition) is 6. The van der Waals surface area contributed by atoms with E-state index in [0.29, 0.717) is 13.2 Å². The van der Waals surface area contributed by atoms with Crippen molar-refractivity contribution in [2.45, 2.75) is 32.7 Å². The Labute approximate surface area is 193 Å². The van der Waals surface area contributed by atoms with E-state index in [0.717, 1.165) is 78.0 Å². The normalized spacial score (nSPS) is 13.4. The number of benzene rings is 2. The van der Waals surface area contributed by atoms with Crippen molar-refractivity contribution in [1.29, 1.82) is 0 Å². The van der Waals surface area contributed by atoms with E-state index >= 15 is 0 Å². The minimum atomic E-state index is 0.577. The van der Waals surface area contributed by atoms with Crippen LogP contribution in [0.5, 0.6) is 17.2 Å². The van der Waals surface area contributed by atoms with Crippen LogP contribution in [-0.4, -0.2) is 38.1 Å². The lowest BCUT2D eigenvalue weighted by atomic mass is 10.1. The third-order valence-corrected chi connectivity index (χ3v) is 6.11. The molecule has 0 spiro atoms. The molecule has 0 aliphatic carbocycles. The van der Waals surface area contributed by atoms with Crippen molar-refractivity contribution in [3.05, 3.63) is 52.6 Å². The molecule has 4 rings (SSSR count). The highest BCUT2D eigenvalue weighted by molar-refractivity contribution is 7.07. The first-order valence-electron chi connectivity index (χ1n) is 11.1. The molecule has 0 radical (unpaired) electrons. The van der Waals surface area contributed by atoms with Crippen LogP contribution in [0, 0.1) is 0 Å². The minimum Gasteiger partial charge on any atom is -0.497 e. The summed E-state index contributed by atoms with van der Waals surface area (Å²) in [6.07, 6.45) is 3.18. The van der Waals surface area contributed by atoms with Crippen molar-refractivity contribution >= 4 is 17.0 Å². The van der Waals surface area contributed by atoms with Crippen LogP contribution < -0.4 is 19.0 Å². The van der Waals surface area contributed by atoms with Gasteiger partial charge in [-0.2, -0.15) is 0 Å². The van der Waals surface area contributed by atoms with Gasteiger partial charge < -0.3 is 23.5 Å². The van der Waals surface area contributed by atoms with E-state index in [9.17, 15) is 0 Å². The number of aromatic nitrogens is 1. The minimum absolute atomic E-state index is 0.577. The first-order valence-corrected chi connectivity index (χ1v) is 12.0. The Bertz CT molecular complexity index is 1070. The average Bonchev–Trinajstić information content (AvgIpc) is 3.23. The van der Waals surface area contributed by atoms with Gasteiger partial charge in [0.1, 0.15) is 19.0 Å². The average molecular weight is 455 g/mol. The first kappa shape index (κ1) is 22.4. The summed E-state index contributed by atoms with van der Waals surface area (Å²) in [7, 11) is 1.67. The number of methoxy groups -OCH3 is 1. The summed E-state index contributed by atoms with van der Waals surface area (Å²) in [5.74, 6) is 2.42. The van der Waals surface area contributed by atoms with E-state index in [4.69, 9.17) is 23.9 Å². The molecule has 0 bridgehead atoms. The molecule has 2 aromatic carbocycles. The van der Waals surface area contributed by atoms with E-state index < -0.39 is 0 Å². The predicted octanol–water partition coefficient (Wildman–Crippen LogP) is 5.44. The zero-order chi connectivity index (χ0) is 22.2. The lowest BCUT2D eigenvalue weighted by Crippen LogP contribution is -2.18. The SMILES string of the molecule is CCCCOCCCn1c(-c2ccc3c(c2)OCCO3)csc1=Nc1ccc(OC)cc1. The van der Waals surface area contributed by atoms with Gasteiger partial charge >= 0.3 is 0 Å². The highest BCUT2D eigenvalue weighted by atomic mass is 32.1. The zero-order valence-corrected chi connectivity index (χ0v) is 19.5. The van der Waals surface area contributed by atoms with E-state index in [1.54, 1.807) is 18.4 Å². The van der Waals surface area contributed by atoms with Crippen LogP contribution in [0.15, 0.2) is 52.8 Å². The van der Waals surface area contributed by atoms with Crippen molar-refractivity contribution in [2.24, 2.45) is 4.99 Å². The second kappa shape index (κ2) is 11.2. The molecule has 6 nitrogen and oxygen atoms in total. The molecular weight excluding hydrogens is 424 g/mol. The number of nitrogens with zero attached hydrogens (tertiary/aromatic N) is 2. The van der Waals surface area contributed by atoms with Gasteiger partial charge in [-0.15, -0.1) is 11.3 Å². The van der Waals surface area contributed by atoms with E-state index in [1.807, 2.05) is 30.3 Å². The van der Waals surface area contributed by atoms with Gasteiger partial charge in [-0.05, 0) is 55.3 Å². The molecule has 1 aliphatic heterocycles. The maximum atomic E-state index is 5.80. The molecule has 0 unspecified atom stereocenters. The monoisotopic (exact) mass is 454 g/mol. The summed E-state index contributed by atoms with van der Waals surface area (Å²) >= 11 is 1.64. The summed E-state index contributed by atoms with van der Waals surface area (Å²) in [5, 5.41) is 2.16. The molecule has 0 N–H and O–H groups in total. The van der Waals surface area contributed by atoms with E-state index in [2.05, 4.69) is 29.0 Å². The van der Waals surface area contributed by atoms with Gasteiger partial charge in [0.25, 0.3) is 0 Å². The third kappa shape index (κ3) is 5.53. The van der Waals surface area contributed by atoms with Crippen LogP contribution in [0.4, 0.5) is 5.69 Å². The summed E-state index contributed by atoms with van der Waals surface area (Å²) < 4.78 is 24.8. The Balaban J connectivity index is 1.62. The summed E-state index contributed by atoms with van der Waals surface area (Å²) in [6.45, 7) is 5.74. The Morgan fingerprint density at radius 2 is 1.78 bits per heavy atom. The molecule has 170 valence electrons. The van der Waals surface area contributed by atoms with E-state index in [-0.39, 0.29) is 0 Å². The molecule has 3 aromatic rings. The van der Waals surface area contributed by atoms with E-state index in [1.165, 1.54) is 0 Å². The van der Waals surface area contributed by atoms with Gasteiger partial charge in [0.15, 0.2) is 16.3 Å². The highest BCUT2D eigenvalue weighted by Gasteiger charge is 2.15. The smallest absolute Gasteiger partial charge is 0.190 e. The number of thiazole rings is 1. The van der Waals surface area contributed by atoms with Crippen LogP contribution in [0.1, 0.15) is 26.2 Å². The van der Waals surface area contributed by atoms with Crippen LogP contribution in [0.2, 0.25) is 0 Å². The predicted molar refractivity (Wildman–Crippen MR) is 127 cm³/mol. The Kier molecular flexibility index (Phi) is 7.85. The van der Waals surface area contributed by atoms with Gasteiger partial charge in [-0.1, -0.05) is 13.3 Å². The molecular formula is C25H30N2O4S. The summed E-state index contributed by atoms with van der Waals surface area (Å²) in [6, 6.07) is 13.9. The topological polar surface area (TPSA) is 54.2 Å². The third-order valence-electron chi connectivity index (χ3n) is 5.25. The molecule has 2 heterocycles. The molecule has 0 amide bonds. The van der Waals surface area contributed by atoms with Crippen LogP contribution >= 0.6 is 11.3 Å². The van der Waals surface area contributed by atoms with Crippen molar-refractivity contribution in [2.75, 3.05) is 33.5 Å². The standard InChI is InChI=1S/C25H30N2O4S/c1-3-4-13-29-14-5-12-27-22(19-6-11-23-24(17-19)31-16-15-30-23)18-32-25(27)26-20-7-9-21(28-2)10-8-20/h6-11,17-18H,3-5,12-16H2,1-2H3. The van der Waals surface area contributed by atoms with Crippen molar-refractivity contribution in [3.8, 4) is 28.5 Å². The molecule has 7 heteroatoms. The largest absolute Gasteiger partial charge is 0.497 e. The van der Waals surface area contributed by atoms with Crippen molar-refractivity contribution in [3.63, 3.8) is 0 Å². The molecule has 1 aliphatic rings. The quantitative estimate of drug-likeness (QED) is 0.383. The maximum Gasteiger partial charge on any atom is 0.190 e. The van der Waals surface area contributed by atoms with Crippen molar-refractivity contribution < 1.29 is 18.9 Å². The number of ether oxygens (including phenoxy) is 4. The maximum absolute atomic E-state index is 5.80. The van der Waals surface area contributed by atoms with Crippen molar-refractivity contribution in [1.82, 2.24) is 4.57 Å². The van der Waals surface area contributed by atoms with Gasteiger partial charge in [-0.25, -0.2) is 4.99 Å². The van der Waals surface area contributed by atoms with Crippen LogP contribution in [0.3, 0.4) is 0 Å². The first-order chi connectivity index (χ1) is 15.8. The Hall–Kier alpha value is -2.77. The second-order valence-corrected chi connectivity index (χ2v) is 8.38. The number of unbranched alkanes of at least 4 members (excludes halogenated alkanes) is 1. The Morgan fingerprint density at radius 3 is 2.56 bits per heavy atom. The fourth-order valence-corrected chi connectivity index (χ4v) is 4.46. The second-order valence-electron chi connectivity index (χ2n) is 7.54. The number of fused-ring (bicyclic) bond motifs is 1. The molecule has 0 fully saturated rings. The van der Waals surface area contributed by atoms with Crippen LogP contribution in [0.25, 0.3) is 11.3 Å². The van der Waals surface area contributed by atoms with Gasteiger partial charge in [0.2, 0.25) is 0 Å². The lowest BCUT2D eigenvalue weighted by molar-refractivity contribution is 0.126. The molecule has 0 saturated carbocycles. The fourth-order valence-electron chi connectivity index (χ4n) is 3.51. The lowest BCUT2D eigenvalue weighted by Gasteiger charge is -2.19. The molecule has 0 atom stereocenters. The van der Waals surface area contributed by atoms with Gasteiger partial charge in [0, 0.05) is 30.7 Å². The molecule has 32 heavy (non-hydrogen) atoms. The van der Waals surface area contributed by atoms with Crippen LogP contribution in [-0.2, 0) is 11.3 Å². The highest BCUT2D eigenvalue weighted by Crippen LogP contribution is 2.34. The number of hydrogen-bond donors (Lipinski definition) is 0. The fraction of sp³-hybridized carbons (Fsp3) is 0.400. The molecule has 1 aromatic heterocycles. The van der Waals surface area contributed by atoms with Gasteiger partial charge in [0.05, 0.1) is 18.5 Å². The van der Waals surface area contributed by atoms with Gasteiger partial charge in [-0.3, -0.25) is 0 Å². The number of rotatable bonds is 10.